The first-order chi connectivity index (χ1) is 12.8. The van der Waals surface area contributed by atoms with E-state index in [1.165, 1.54) is 12.1 Å². The molecule has 1 atom stereocenters. The molecule has 0 aliphatic carbocycles. The number of nitrogens with zero attached hydrogens (tertiary/aromatic N) is 1. The molecule has 0 aliphatic heterocycles. The van der Waals surface area contributed by atoms with E-state index in [9.17, 15) is 9.90 Å². The smallest absolute Gasteiger partial charge is 0.238 e. The molecule has 1 amide bonds. The largest absolute Gasteiger partial charge is 0.395 e. The van der Waals surface area contributed by atoms with Gasteiger partial charge in [0.05, 0.1) is 28.9 Å². The van der Waals surface area contributed by atoms with Crippen molar-refractivity contribution in [3.63, 3.8) is 0 Å². The Morgan fingerprint density at radius 1 is 1.11 bits per heavy atom. The first-order valence-electron chi connectivity index (χ1n) is 8.65. The van der Waals surface area contributed by atoms with E-state index in [1.807, 2.05) is 49.1 Å². The quantitative estimate of drug-likeness (QED) is 0.613. The summed E-state index contributed by atoms with van der Waals surface area (Å²) < 4.78 is 0. The molecule has 0 spiro atoms. The van der Waals surface area contributed by atoms with Gasteiger partial charge in [0, 0.05) is 17.6 Å². The summed E-state index contributed by atoms with van der Waals surface area (Å²) >= 11 is 18.2. The van der Waals surface area contributed by atoms with Crippen LogP contribution >= 0.6 is 34.8 Å². The average Bonchev–Trinajstić information content (AvgIpc) is 2.59. The maximum atomic E-state index is 12.7. The molecular weight excluding hydrogens is 407 g/mol. The highest BCUT2D eigenvalue weighted by atomic mass is 35.5. The van der Waals surface area contributed by atoms with Gasteiger partial charge in [0.1, 0.15) is 0 Å². The van der Waals surface area contributed by atoms with Crippen LogP contribution in [0.25, 0.3) is 0 Å². The highest BCUT2D eigenvalue weighted by Crippen LogP contribution is 2.33. The lowest BCUT2D eigenvalue weighted by Crippen LogP contribution is -2.45. The van der Waals surface area contributed by atoms with Crippen LogP contribution in [0.5, 0.6) is 0 Å². The molecule has 2 rings (SSSR count). The minimum Gasteiger partial charge on any atom is -0.395 e. The lowest BCUT2D eigenvalue weighted by Gasteiger charge is -2.32. The Labute approximate surface area is 175 Å². The third kappa shape index (κ3) is 6.37. The van der Waals surface area contributed by atoms with E-state index in [0.29, 0.717) is 17.3 Å². The van der Waals surface area contributed by atoms with Gasteiger partial charge in [-0.3, -0.25) is 9.69 Å². The predicted molar refractivity (Wildman–Crippen MR) is 113 cm³/mol. The van der Waals surface area contributed by atoms with Crippen LogP contribution in [0.15, 0.2) is 42.5 Å². The van der Waals surface area contributed by atoms with Crippen molar-refractivity contribution in [1.82, 2.24) is 4.90 Å². The predicted octanol–water partition coefficient (Wildman–Crippen LogP) is 5.10. The average molecular weight is 430 g/mol. The molecule has 2 aromatic rings. The van der Waals surface area contributed by atoms with Crippen LogP contribution in [-0.2, 0) is 11.3 Å². The standard InChI is InChI=1S/C20H23Cl3N2O2/c1-13(2)18(12-26)25(10-14-6-4-3-5-7-14)11-19(27)24-20-16(22)8-15(21)9-17(20)23/h3-9,13,18,26H,10-12H2,1-2H3,(H,24,27). The summed E-state index contributed by atoms with van der Waals surface area (Å²) in [6.45, 7) is 4.63. The highest BCUT2D eigenvalue weighted by Gasteiger charge is 2.24. The van der Waals surface area contributed by atoms with E-state index in [4.69, 9.17) is 34.8 Å². The van der Waals surface area contributed by atoms with Crippen LogP contribution in [0.1, 0.15) is 19.4 Å². The second-order valence-corrected chi connectivity index (χ2v) is 7.93. The van der Waals surface area contributed by atoms with Crippen LogP contribution in [0.3, 0.4) is 0 Å². The van der Waals surface area contributed by atoms with Crippen molar-refractivity contribution in [2.24, 2.45) is 5.92 Å². The molecule has 0 bridgehead atoms. The van der Waals surface area contributed by atoms with Crippen molar-refractivity contribution in [2.75, 3.05) is 18.5 Å². The number of rotatable bonds is 8. The number of carbonyl (C=O) groups is 1. The first kappa shape index (κ1) is 22.0. The molecule has 27 heavy (non-hydrogen) atoms. The third-order valence-electron chi connectivity index (χ3n) is 4.27. The number of nitrogens with one attached hydrogen (secondary N) is 1. The summed E-state index contributed by atoms with van der Waals surface area (Å²) in [5.74, 6) is -0.0922. The van der Waals surface area contributed by atoms with Crippen molar-refractivity contribution in [1.29, 1.82) is 0 Å². The van der Waals surface area contributed by atoms with E-state index in [0.717, 1.165) is 5.56 Å². The molecule has 0 radical (unpaired) electrons. The van der Waals surface area contributed by atoms with E-state index >= 15 is 0 Å². The molecule has 7 heteroatoms. The zero-order valence-corrected chi connectivity index (χ0v) is 17.5. The Morgan fingerprint density at radius 2 is 1.70 bits per heavy atom. The summed E-state index contributed by atoms with van der Waals surface area (Å²) in [6.07, 6.45) is 0. The van der Waals surface area contributed by atoms with Crippen LogP contribution in [-0.4, -0.2) is 35.1 Å². The van der Waals surface area contributed by atoms with Crippen LogP contribution in [0.4, 0.5) is 5.69 Å². The van der Waals surface area contributed by atoms with Crippen LogP contribution < -0.4 is 5.32 Å². The molecule has 0 fully saturated rings. The number of aliphatic hydroxyl groups excluding tert-OH is 1. The van der Waals surface area contributed by atoms with Crippen molar-refractivity contribution in [2.45, 2.75) is 26.4 Å². The lowest BCUT2D eigenvalue weighted by atomic mass is 10.0. The molecule has 2 aromatic carbocycles. The fourth-order valence-electron chi connectivity index (χ4n) is 2.88. The summed E-state index contributed by atoms with van der Waals surface area (Å²) in [5, 5.41) is 13.5. The second kappa shape index (κ2) is 10.3. The van der Waals surface area contributed by atoms with Crippen LogP contribution in [0, 0.1) is 5.92 Å². The molecule has 4 nitrogen and oxygen atoms in total. The van der Waals surface area contributed by atoms with Gasteiger partial charge in [0.2, 0.25) is 5.91 Å². The van der Waals surface area contributed by atoms with Gasteiger partial charge in [-0.25, -0.2) is 0 Å². The maximum Gasteiger partial charge on any atom is 0.238 e. The van der Waals surface area contributed by atoms with Gasteiger partial charge in [0.15, 0.2) is 0 Å². The van der Waals surface area contributed by atoms with Crippen molar-refractivity contribution >= 4 is 46.4 Å². The molecule has 0 aliphatic rings. The Morgan fingerprint density at radius 3 is 2.22 bits per heavy atom. The first-order valence-corrected chi connectivity index (χ1v) is 9.78. The number of benzene rings is 2. The summed E-state index contributed by atoms with van der Waals surface area (Å²) in [6, 6.07) is 12.7. The molecule has 0 saturated heterocycles. The van der Waals surface area contributed by atoms with Crippen LogP contribution in [0.2, 0.25) is 15.1 Å². The summed E-state index contributed by atoms with van der Waals surface area (Å²) in [7, 11) is 0. The van der Waals surface area contributed by atoms with Gasteiger partial charge >= 0.3 is 0 Å². The number of hydrogen-bond acceptors (Lipinski definition) is 3. The van der Waals surface area contributed by atoms with E-state index in [-0.39, 0.29) is 41.1 Å². The van der Waals surface area contributed by atoms with E-state index < -0.39 is 0 Å². The minimum absolute atomic E-state index is 0.0414. The molecule has 0 heterocycles. The number of carbonyl (C=O) groups excluding carboxylic acids is 1. The number of anilines is 1. The highest BCUT2D eigenvalue weighted by molar-refractivity contribution is 6.42. The number of hydrogen-bond donors (Lipinski definition) is 2. The maximum absolute atomic E-state index is 12.7. The zero-order valence-electron chi connectivity index (χ0n) is 15.3. The SMILES string of the molecule is CC(C)C(CO)N(CC(=O)Nc1c(Cl)cc(Cl)cc1Cl)Cc1ccccc1. The molecular formula is C20H23Cl3N2O2. The lowest BCUT2D eigenvalue weighted by molar-refractivity contribution is -0.118. The van der Waals surface area contributed by atoms with Gasteiger partial charge < -0.3 is 10.4 Å². The van der Waals surface area contributed by atoms with Gasteiger partial charge in [-0.05, 0) is 23.6 Å². The number of aliphatic hydroxyl groups is 1. The molecule has 146 valence electrons. The number of amides is 1. The second-order valence-electron chi connectivity index (χ2n) is 6.68. The van der Waals surface area contributed by atoms with Gasteiger partial charge in [0.25, 0.3) is 0 Å². The van der Waals surface area contributed by atoms with Gasteiger partial charge in [-0.1, -0.05) is 79.0 Å². The van der Waals surface area contributed by atoms with E-state index in [2.05, 4.69) is 5.32 Å². The zero-order chi connectivity index (χ0) is 20.0. The van der Waals surface area contributed by atoms with Crippen molar-refractivity contribution < 1.29 is 9.90 Å². The van der Waals surface area contributed by atoms with Gasteiger partial charge in [-0.2, -0.15) is 0 Å². The topological polar surface area (TPSA) is 52.6 Å². The van der Waals surface area contributed by atoms with E-state index in [1.54, 1.807) is 0 Å². The van der Waals surface area contributed by atoms with Crippen molar-refractivity contribution in [3.05, 3.63) is 63.1 Å². The summed E-state index contributed by atoms with van der Waals surface area (Å²) in [5.41, 5.74) is 1.39. The Bertz CT molecular complexity index is 746. The molecule has 0 aromatic heterocycles. The molecule has 2 N–H and O–H groups in total. The molecule has 0 saturated carbocycles. The summed E-state index contributed by atoms with van der Waals surface area (Å²) in [4.78, 5) is 14.6. The number of halogens is 3. The monoisotopic (exact) mass is 428 g/mol. The minimum atomic E-state index is -0.267. The Hall–Kier alpha value is -1.30. The van der Waals surface area contributed by atoms with Crippen molar-refractivity contribution in [3.8, 4) is 0 Å². The Balaban J connectivity index is 2.17. The van der Waals surface area contributed by atoms with Gasteiger partial charge in [-0.15, -0.1) is 0 Å². The fraction of sp³-hybridized carbons (Fsp3) is 0.350. The normalized spacial score (nSPS) is 12.4. The fourth-order valence-corrected chi connectivity index (χ4v) is 3.79. The third-order valence-corrected chi connectivity index (χ3v) is 5.09. The molecule has 1 unspecified atom stereocenters. The Kier molecular flexibility index (Phi) is 8.39.